The summed E-state index contributed by atoms with van der Waals surface area (Å²) in [7, 11) is 1.62. The lowest BCUT2D eigenvalue weighted by Gasteiger charge is -2.01. The van der Waals surface area contributed by atoms with Gasteiger partial charge in [-0.1, -0.05) is 23.5 Å². The molecule has 0 aliphatic heterocycles. The number of phenols is 1. The fraction of sp³-hybridized carbons (Fsp3) is 0.0588. The van der Waals surface area contributed by atoms with Crippen LogP contribution in [0.25, 0.3) is 21.1 Å². The van der Waals surface area contributed by atoms with Crippen molar-refractivity contribution in [3.63, 3.8) is 0 Å². The average Bonchev–Trinajstić information content (AvgIpc) is 3.03. The van der Waals surface area contributed by atoms with Gasteiger partial charge in [0.2, 0.25) is 5.13 Å². The van der Waals surface area contributed by atoms with Crippen molar-refractivity contribution in [3.05, 3.63) is 48.7 Å². The number of aromatic nitrogens is 2. The lowest BCUT2D eigenvalue weighted by atomic mass is 10.2. The Labute approximate surface area is 141 Å². The predicted molar refractivity (Wildman–Crippen MR) is 93.8 cm³/mol. The molecule has 0 fully saturated rings. The number of ether oxygens (including phenoxy) is 1. The number of pyridine rings is 1. The molecule has 2 heterocycles. The van der Waals surface area contributed by atoms with E-state index >= 15 is 0 Å². The third kappa shape index (κ3) is 2.55. The maximum absolute atomic E-state index is 10.3. The number of hydrogen-bond acceptors (Lipinski definition) is 7. The third-order valence-electron chi connectivity index (χ3n) is 3.55. The van der Waals surface area contributed by atoms with Gasteiger partial charge in [-0.15, -0.1) is 10.2 Å². The first-order chi connectivity index (χ1) is 11.7. The Morgan fingerprint density at radius 2 is 2.04 bits per heavy atom. The molecule has 0 saturated heterocycles. The lowest BCUT2D eigenvalue weighted by Crippen LogP contribution is -1.80. The third-order valence-corrected chi connectivity index (χ3v) is 4.46. The molecule has 0 spiro atoms. The van der Waals surface area contributed by atoms with Crippen LogP contribution in [-0.2, 0) is 0 Å². The largest absolute Gasteiger partial charge is 0.504 e. The summed E-state index contributed by atoms with van der Waals surface area (Å²) in [6, 6.07) is 12.9. The van der Waals surface area contributed by atoms with E-state index in [0.717, 1.165) is 21.4 Å². The summed E-state index contributed by atoms with van der Waals surface area (Å²) in [4.78, 5) is 8.57. The maximum Gasteiger partial charge on any atom is 0.231 e. The number of hydrogen-bond donors (Lipinski definition) is 1. The molecule has 4 aromatic rings. The van der Waals surface area contributed by atoms with Gasteiger partial charge in [-0.2, -0.15) is 0 Å². The highest BCUT2D eigenvalue weighted by Crippen LogP contribution is 2.36. The van der Waals surface area contributed by atoms with E-state index in [0.29, 0.717) is 16.3 Å². The standard InChI is InChI=1S/C17H12N4O2S/c1-23-11-5-7-12-14(9-11)24-17(19-12)21-20-13-6-4-10-3-2-8-18-15(10)16(13)22/h2-9,22H,1H3. The first-order valence-electron chi connectivity index (χ1n) is 7.17. The van der Waals surface area contributed by atoms with Crippen molar-refractivity contribution in [1.82, 2.24) is 9.97 Å². The van der Waals surface area contributed by atoms with Crippen LogP contribution in [0.15, 0.2) is 58.9 Å². The van der Waals surface area contributed by atoms with Crippen molar-refractivity contribution in [1.29, 1.82) is 0 Å². The van der Waals surface area contributed by atoms with Gasteiger partial charge in [0.25, 0.3) is 0 Å². The molecule has 0 bridgehead atoms. The summed E-state index contributed by atoms with van der Waals surface area (Å²) in [6.07, 6.45) is 1.63. The molecule has 0 unspecified atom stereocenters. The molecule has 0 aliphatic rings. The number of fused-ring (bicyclic) bond motifs is 2. The van der Waals surface area contributed by atoms with Gasteiger partial charge in [-0.3, -0.25) is 4.98 Å². The molecular weight excluding hydrogens is 324 g/mol. The number of methoxy groups -OCH3 is 1. The number of thiazole rings is 1. The second-order valence-corrected chi connectivity index (χ2v) is 6.05. The second kappa shape index (κ2) is 5.86. The van der Waals surface area contributed by atoms with Crippen molar-refractivity contribution >= 4 is 43.3 Å². The van der Waals surface area contributed by atoms with Crippen LogP contribution < -0.4 is 4.74 Å². The monoisotopic (exact) mass is 336 g/mol. The molecule has 7 heteroatoms. The molecule has 0 amide bonds. The first-order valence-corrected chi connectivity index (χ1v) is 7.99. The van der Waals surface area contributed by atoms with Crippen molar-refractivity contribution in [2.45, 2.75) is 0 Å². The van der Waals surface area contributed by atoms with Gasteiger partial charge in [0, 0.05) is 11.6 Å². The Bertz CT molecular complexity index is 1070. The van der Waals surface area contributed by atoms with Gasteiger partial charge in [0.15, 0.2) is 5.75 Å². The molecule has 0 saturated carbocycles. The second-order valence-electron chi connectivity index (χ2n) is 5.04. The van der Waals surface area contributed by atoms with Gasteiger partial charge < -0.3 is 9.84 Å². The normalized spacial score (nSPS) is 11.5. The smallest absolute Gasteiger partial charge is 0.231 e. The number of rotatable bonds is 3. The zero-order valence-electron chi connectivity index (χ0n) is 12.7. The van der Waals surface area contributed by atoms with Crippen molar-refractivity contribution in [3.8, 4) is 11.5 Å². The predicted octanol–water partition coefficient (Wildman–Crippen LogP) is 4.97. The number of benzene rings is 2. The summed E-state index contributed by atoms with van der Waals surface area (Å²) in [5.74, 6) is 0.785. The van der Waals surface area contributed by atoms with Crippen molar-refractivity contribution in [2.75, 3.05) is 7.11 Å². The Morgan fingerprint density at radius 3 is 2.92 bits per heavy atom. The zero-order chi connectivity index (χ0) is 16.5. The minimum atomic E-state index is 0.0135. The molecule has 6 nitrogen and oxygen atoms in total. The van der Waals surface area contributed by atoms with E-state index in [2.05, 4.69) is 20.2 Å². The maximum atomic E-state index is 10.3. The molecule has 1 N–H and O–H groups in total. The lowest BCUT2D eigenvalue weighted by molar-refractivity contribution is 0.415. The SMILES string of the molecule is COc1ccc2nc(N=Nc3ccc4cccnc4c3O)sc2c1. The molecular formula is C17H12N4O2S. The quantitative estimate of drug-likeness (QED) is 0.535. The van der Waals surface area contributed by atoms with Crippen LogP contribution in [0.1, 0.15) is 0 Å². The molecule has 4 rings (SSSR count). The molecule has 2 aromatic heterocycles. The Hall–Kier alpha value is -3.06. The summed E-state index contributed by atoms with van der Waals surface area (Å²) >= 11 is 1.41. The van der Waals surface area contributed by atoms with Gasteiger partial charge in [0.05, 0.1) is 17.3 Å². The molecule has 0 atom stereocenters. The minimum Gasteiger partial charge on any atom is -0.504 e. The van der Waals surface area contributed by atoms with Gasteiger partial charge in [0.1, 0.15) is 17.0 Å². The number of nitrogens with zero attached hydrogens (tertiary/aromatic N) is 4. The molecule has 118 valence electrons. The number of azo groups is 1. The van der Waals surface area contributed by atoms with Crippen molar-refractivity contribution < 1.29 is 9.84 Å². The fourth-order valence-corrected chi connectivity index (χ4v) is 3.17. The molecule has 24 heavy (non-hydrogen) atoms. The highest BCUT2D eigenvalue weighted by Gasteiger charge is 2.08. The highest BCUT2D eigenvalue weighted by atomic mass is 32.1. The van der Waals surface area contributed by atoms with Crippen LogP contribution in [0.2, 0.25) is 0 Å². The van der Waals surface area contributed by atoms with E-state index in [1.54, 1.807) is 19.4 Å². The Kier molecular flexibility index (Phi) is 3.55. The van der Waals surface area contributed by atoms with E-state index in [1.165, 1.54) is 11.3 Å². The Balaban J connectivity index is 1.71. The van der Waals surface area contributed by atoms with Crippen LogP contribution >= 0.6 is 11.3 Å². The minimum absolute atomic E-state index is 0.0135. The Morgan fingerprint density at radius 1 is 1.12 bits per heavy atom. The summed E-state index contributed by atoms with van der Waals surface area (Å²) < 4.78 is 6.17. The number of aromatic hydroxyl groups is 1. The van der Waals surface area contributed by atoms with Crippen LogP contribution in [0.4, 0.5) is 10.8 Å². The molecule has 0 aliphatic carbocycles. The van der Waals surface area contributed by atoms with Crippen LogP contribution in [0.3, 0.4) is 0 Å². The highest BCUT2D eigenvalue weighted by molar-refractivity contribution is 7.21. The van der Waals surface area contributed by atoms with Crippen LogP contribution in [0.5, 0.6) is 11.5 Å². The summed E-state index contributed by atoms with van der Waals surface area (Å²) in [6.45, 7) is 0. The molecule has 0 radical (unpaired) electrons. The average molecular weight is 336 g/mol. The summed E-state index contributed by atoms with van der Waals surface area (Å²) in [5.41, 5.74) is 1.69. The topological polar surface area (TPSA) is 80.0 Å². The fourth-order valence-electron chi connectivity index (χ4n) is 2.36. The van der Waals surface area contributed by atoms with Gasteiger partial charge >= 0.3 is 0 Å². The van der Waals surface area contributed by atoms with E-state index in [4.69, 9.17) is 4.74 Å². The van der Waals surface area contributed by atoms with Crippen LogP contribution in [0, 0.1) is 0 Å². The van der Waals surface area contributed by atoms with Crippen LogP contribution in [-0.4, -0.2) is 22.2 Å². The zero-order valence-corrected chi connectivity index (χ0v) is 13.5. The van der Waals surface area contributed by atoms with Gasteiger partial charge in [-0.05, 0) is 30.3 Å². The first kappa shape index (κ1) is 14.5. The van der Waals surface area contributed by atoms with E-state index < -0.39 is 0 Å². The van der Waals surface area contributed by atoms with Gasteiger partial charge in [-0.25, -0.2) is 4.98 Å². The van der Waals surface area contributed by atoms with E-state index in [-0.39, 0.29) is 5.75 Å². The number of phenolic OH excluding ortho intramolecular Hbond substituents is 1. The van der Waals surface area contributed by atoms with E-state index in [9.17, 15) is 5.11 Å². The summed E-state index contributed by atoms with van der Waals surface area (Å²) in [5, 5.41) is 19.9. The van der Waals surface area contributed by atoms with Crippen molar-refractivity contribution in [2.24, 2.45) is 10.2 Å². The molecule has 2 aromatic carbocycles. The van der Waals surface area contributed by atoms with E-state index in [1.807, 2.05) is 36.4 Å².